The highest BCUT2D eigenvalue weighted by atomic mass is 32.1. The Morgan fingerprint density at radius 3 is 2.74 bits per heavy atom. The zero-order chi connectivity index (χ0) is 16.2. The predicted molar refractivity (Wildman–Crippen MR) is 92.5 cm³/mol. The van der Waals surface area contributed by atoms with Crippen LogP contribution in [0.3, 0.4) is 0 Å². The first-order valence-electron chi connectivity index (χ1n) is 7.44. The molecule has 0 saturated carbocycles. The lowest BCUT2D eigenvalue weighted by molar-refractivity contribution is -0.117. The summed E-state index contributed by atoms with van der Waals surface area (Å²) in [6, 6.07) is 7.62. The number of rotatable bonds is 4. The van der Waals surface area contributed by atoms with Crippen molar-refractivity contribution in [1.82, 2.24) is 4.98 Å². The third-order valence-corrected chi connectivity index (χ3v) is 4.38. The number of benzene rings is 1. The van der Waals surface area contributed by atoms with E-state index in [1.54, 1.807) is 17.2 Å². The minimum Gasteiger partial charge on any atom is -0.312 e. The average molecular weight is 327 g/mol. The summed E-state index contributed by atoms with van der Waals surface area (Å²) in [5, 5.41) is 3.32. The van der Waals surface area contributed by atoms with E-state index in [2.05, 4.69) is 10.3 Å². The number of anilines is 2. The van der Waals surface area contributed by atoms with Crippen LogP contribution in [0, 0.1) is 6.92 Å². The summed E-state index contributed by atoms with van der Waals surface area (Å²) >= 11 is 1.44. The molecule has 1 fully saturated rings. The smallest absolute Gasteiger partial charge is 0.250 e. The van der Waals surface area contributed by atoms with Crippen molar-refractivity contribution < 1.29 is 9.59 Å². The number of amides is 2. The molecule has 2 aromatic rings. The second-order valence-electron chi connectivity index (χ2n) is 5.34. The van der Waals surface area contributed by atoms with Crippen molar-refractivity contribution in [3.05, 3.63) is 47.0 Å². The van der Waals surface area contributed by atoms with Crippen LogP contribution in [0.4, 0.5) is 10.8 Å². The van der Waals surface area contributed by atoms with Crippen molar-refractivity contribution in [2.75, 3.05) is 16.8 Å². The normalized spacial score (nSPS) is 14.7. The van der Waals surface area contributed by atoms with Gasteiger partial charge in [-0.25, -0.2) is 4.98 Å². The summed E-state index contributed by atoms with van der Waals surface area (Å²) in [6.45, 7) is 2.72. The first-order chi connectivity index (χ1) is 11.1. The molecule has 0 bridgehead atoms. The fourth-order valence-corrected chi connectivity index (χ4v) is 3.09. The maximum absolute atomic E-state index is 11.8. The van der Waals surface area contributed by atoms with Gasteiger partial charge in [-0.3, -0.25) is 14.9 Å². The molecule has 1 N–H and O–H groups in total. The SMILES string of the molecule is Cc1cnc(NC(=O)/C=C/c2ccc(N3CCCC3=O)cc2)s1. The van der Waals surface area contributed by atoms with Gasteiger partial charge >= 0.3 is 0 Å². The summed E-state index contributed by atoms with van der Waals surface area (Å²) in [7, 11) is 0. The molecular weight excluding hydrogens is 310 g/mol. The summed E-state index contributed by atoms with van der Waals surface area (Å²) < 4.78 is 0. The molecule has 1 aliphatic heterocycles. The van der Waals surface area contributed by atoms with Gasteiger partial charge in [0.25, 0.3) is 0 Å². The molecule has 0 radical (unpaired) electrons. The van der Waals surface area contributed by atoms with Gasteiger partial charge in [0.2, 0.25) is 11.8 Å². The number of thiazole rings is 1. The molecule has 2 amide bonds. The number of hydrogen-bond acceptors (Lipinski definition) is 4. The molecule has 3 rings (SSSR count). The van der Waals surface area contributed by atoms with E-state index in [0.717, 1.165) is 29.1 Å². The standard InChI is InChI=1S/C17H17N3O2S/c1-12-11-18-17(23-12)19-15(21)9-6-13-4-7-14(8-5-13)20-10-2-3-16(20)22/h4-9,11H,2-3,10H2,1H3,(H,18,19,21)/b9-6+. The van der Waals surface area contributed by atoms with Crippen LogP contribution in [0.1, 0.15) is 23.3 Å². The Bertz CT molecular complexity index is 749. The average Bonchev–Trinajstić information content (AvgIpc) is 3.14. The number of nitrogens with zero attached hydrogens (tertiary/aromatic N) is 2. The van der Waals surface area contributed by atoms with Gasteiger partial charge in [-0.2, -0.15) is 0 Å². The summed E-state index contributed by atoms with van der Waals surface area (Å²) in [5.74, 6) is -0.0374. The molecule has 118 valence electrons. The van der Waals surface area contributed by atoms with E-state index in [0.29, 0.717) is 11.6 Å². The third kappa shape index (κ3) is 3.84. The molecule has 1 aromatic carbocycles. The molecule has 1 saturated heterocycles. The Morgan fingerprint density at radius 1 is 1.35 bits per heavy atom. The van der Waals surface area contributed by atoms with Crippen LogP contribution < -0.4 is 10.2 Å². The molecule has 0 spiro atoms. The van der Waals surface area contributed by atoms with Gasteiger partial charge in [-0.1, -0.05) is 12.1 Å². The van der Waals surface area contributed by atoms with Crippen LogP contribution in [-0.4, -0.2) is 23.3 Å². The Hall–Kier alpha value is -2.47. The van der Waals surface area contributed by atoms with Crippen molar-refractivity contribution in [2.45, 2.75) is 19.8 Å². The Morgan fingerprint density at radius 2 is 2.13 bits per heavy atom. The van der Waals surface area contributed by atoms with Crippen molar-refractivity contribution in [3.8, 4) is 0 Å². The van der Waals surface area contributed by atoms with Gasteiger partial charge < -0.3 is 4.90 Å². The van der Waals surface area contributed by atoms with Crippen molar-refractivity contribution in [2.24, 2.45) is 0 Å². The number of carbonyl (C=O) groups is 2. The van der Waals surface area contributed by atoms with Crippen molar-refractivity contribution >= 4 is 40.0 Å². The maximum atomic E-state index is 11.8. The maximum Gasteiger partial charge on any atom is 0.250 e. The van der Waals surface area contributed by atoms with Gasteiger partial charge in [0, 0.05) is 35.8 Å². The monoisotopic (exact) mass is 327 g/mol. The molecule has 0 unspecified atom stereocenters. The zero-order valence-electron chi connectivity index (χ0n) is 12.8. The lowest BCUT2D eigenvalue weighted by Gasteiger charge is -2.15. The van der Waals surface area contributed by atoms with Crippen LogP contribution in [0.2, 0.25) is 0 Å². The second kappa shape index (κ2) is 6.75. The highest BCUT2D eigenvalue weighted by Crippen LogP contribution is 2.22. The number of aromatic nitrogens is 1. The van der Waals surface area contributed by atoms with E-state index in [1.165, 1.54) is 17.4 Å². The van der Waals surface area contributed by atoms with Crippen LogP contribution in [0.25, 0.3) is 6.08 Å². The summed E-state index contributed by atoms with van der Waals surface area (Å²) in [5.41, 5.74) is 1.82. The first kappa shape index (κ1) is 15.4. The molecule has 5 nitrogen and oxygen atoms in total. The number of nitrogens with one attached hydrogen (secondary N) is 1. The minimum atomic E-state index is -0.210. The van der Waals surface area contributed by atoms with Gasteiger partial charge in [0.1, 0.15) is 0 Å². The lowest BCUT2D eigenvalue weighted by Crippen LogP contribution is -2.23. The Balaban J connectivity index is 1.61. The van der Waals surface area contributed by atoms with E-state index < -0.39 is 0 Å². The van der Waals surface area contributed by atoms with Crippen molar-refractivity contribution in [3.63, 3.8) is 0 Å². The van der Waals surface area contributed by atoms with Gasteiger partial charge in [0.05, 0.1) is 0 Å². The van der Waals surface area contributed by atoms with E-state index in [4.69, 9.17) is 0 Å². The van der Waals surface area contributed by atoms with Crippen LogP contribution in [-0.2, 0) is 9.59 Å². The molecule has 1 aliphatic rings. The Labute approximate surface area is 138 Å². The first-order valence-corrected chi connectivity index (χ1v) is 8.25. The molecule has 0 aliphatic carbocycles. The molecule has 0 atom stereocenters. The Kier molecular flexibility index (Phi) is 4.52. The quantitative estimate of drug-likeness (QED) is 0.877. The zero-order valence-corrected chi connectivity index (χ0v) is 13.6. The number of hydrogen-bond donors (Lipinski definition) is 1. The van der Waals surface area contributed by atoms with E-state index in [1.807, 2.05) is 31.2 Å². The number of aryl methyl sites for hydroxylation is 1. The predicted octanol–water partition coefficient (Wildman–Crippen LogP) is 3.23. The summed E-state index contributed by atoms with van der Waals surface area (Å²) in [4.78, 5) is 30.5. The van der Waals surface area contributed by atoms with Gasteiger partial charge in [-0.15, -0.1) is 11.3 Å². The molecule has 1 aromatic heterocycles. The van der Waals surface area contributed by atoms with E-state index in [9.17, 15) is 9.59 Å². The van der Waals surface area contributed by atoms with Crippen LogP contribution >= 0.6 is 11.3 Å². The summed E-state index contributed by atoms with van der Waals surface area (Å²) in [6.07, 6.45) is 6.48. The molecule has 6 heteroatoms. The van der Waals surface area contributed by atoms with E-state index in [-0.39, 0.29) is 11.8 Å². The highest BCUT2D eigenvalue weighted by molar-refractivity contribution is 7.15. The topological polar surface area (TPSA) is 62.3 Å². The fourth-order valence-electron chi connectivity index (χ4n) is 2.42. The number of carbonyl (C=O) groups excluding carboxylic acids is 2. The van der Waals surface area contributed by atoms with Crippen LogP contribution in [0.15, 0.2) is 36.5 Å². The van der Waals surface area contributed by atoms with Gasteiger partial charge in [0.15, 0.2) is 5.13 Å². The molecule has 2 heterocycles. The second-order valence-corrected chi connectivity index (χ2v) is 6.57. The van der Waals surface area contributed by atoms with Gasteiger partial charge in [-0.05, 0) is 37.1 Å². The highest BCUT2D eigenvalue weighted by Gasteiger charge is 2.21. The van der Waals surface area contributed by atoms with Crippen LogP contribution in [0.5, 0.6) is 0 Å². The third-order valence-electron chi connectivity index (χ3n) is 3.56. The molecular formula is C17H17N3O2S. The largest absolute Gasteiger partial charge is 0.312 e. The minimum absolute atomic E-state index is 0.173. The van der Waals surface area contributed by atoms with Crippen molar-refractivity contribution in [1.29, 1.82) is 0 Å². The fraction of sp³-hybridized carbons (Fsp3) is 0.235. The van der Waals surface area contributed by atoms with E-state index >= 15 is 0 Å². The lowest BCUT2D eigenvalue weighted by atomic mass is 10.2. The molecule has 23 heavy (non-hydrogen) atoms.